The van der Waals surface area contributed by atoms with E-state index in [2.05, 4.69) is 39.9 Å². The highest BCUT2D eigenvalue weighted by Crippen LogP contribution is 2.33. The standard InChI is InChI=1S/C9H18N2O.C7H15N.2C2H6/c1-9(2,3)7-4-5-11(6-7)8(10)12;1-6(2)7-3-4-8-5-7;2*1-2/h7H,4-6H2,1-3H3,(H2,10,12);6-8H,3-5H2,1-2H3;2*1-2H3. The average molecular weight is 344 g/mol. The van der Waals surface area contributed by atoms with Crippen LogP contribution in [0, 0.1) is 23.2 Å². The molecule has 0 spiro atoms. The van der Waals surface area contributed by atoms with Crippen LogP contribution in [0.1, 0.15) is 75.2 Å². The third kappa shape index (κ3) is 10.2. The molecule has 0 aromatic heterocycles. The molecular weight excluding hydrogens is 298 g/mol. The average Bonchev–Trinajstić information content (AvgIpc) is 3.23. The Morgan fingerprint density at radius 2 is 1.67 bits per heavy atom. The predicted octanol–water partition coefficient (Wildman–Crippen LogP) is 4.74. The Bertz CT molecular complexity index is 304. The molecule has 2 aliphatic heterocycles. The number of primary amides is 1. The second-order valence-electron chi connectivity index (χ2n) is 7.63. The molecule has 2 aliphatic rings. The lowest BCUT2D eigenvalue weighted by atomic mass is 9.80. The molecule has 2 heterocycles. The zero-order chi connectivity index (χ0) is 19.3. The van der Waals surface area contributed by atoms with Crippen molar-refractivity contribution in [1.29, 1.82) is 0 Å². The molecule has 4 heteroatoms. The van der Waals surface area contributed by atoms with E-state index in [-0.39, 0.29) is 6.03 Å². The molecule has 3 N–H and O–H groups in total. The minimum Gasteiger partial charge on any atom is -0.351 e. The van der Waals surface area contributed by atoms with Gasteiger partial charge in [-0.2, -0.15) is 0 Å². The zero-order valence-corrected chi connectivity index (χ0v) is 17.9. The van der Waals surface area contributed by atoms with Crippen molar-refractivity contribution >= 4 is 6.03 Å². The fraction of sp³-hybridized carbons (Fsp3) is 0.950. The number of amides is 2. The Morgan fingerprint density at radius 1 is 1.12 bits per heavy atom. The number of nitrogens with two attached hydrogens (primary N) is 1. The van der Waals surface area contributed by atoms with Crippen LogP contribution in [0.25, 0.3) is 0 Å². The topological polar surface area (TPSA) is 58.4 Å². The van der Waals surface area contributed by atoms with Crippen molar-refractivity contribution in [1.82, 2.24) is 10.2 Å². The summed E-state index contributed by atoms with van der Waals surface area (Å²) in [7, 11) is 0. The molecule has 2 amide bonds. The Hall–Kier alpha value is -0.770. The number of urea groups is 1. The van der Waals surface area contributed by atoms with Crippen LogP contribution in [0.5, 0.6) is 0 Å². The summed E-state index contributed by atoms with van der Waals surface area (Å²) >= 11 is 0. The van der Waals surface area contributed by atoms with Gasteiger partial charge < -0.3 is 16.0 Å². The minimum absolute atomic E-state index is 0.276. The van der Waals surface area contributed by atoms with E-state index < -0.39 is 0 Å². The van der Waals surface area contributed by atoms with Gasteiger partial charge in [-0.05, 0) is 49.1 Å². The van der Waals surface area contributed by atoms with Crippen LogP contribution in [0.2, 0.25) is 0 Å². The van der Waals surface area contributed by atoms with E-state index in [4.69, 9.17) is 5.73 Å². The molecule has 2 rings (SSSR count). The number of likely N-dealkylation sites (tertiary alicyclic amines) is 1. The van der Waals surface area contributed by atoms with E-state index in [1.54, 1.807) is 4.90 Å². The Kier molecular flexibility index (Phi) is 14.3. The van der Waals surface area contributed by atoms with Crippen LogP contribution in [0.4, 0.5) is 4.79 Å². The van der Waals surface area contributed by atoms with E-state index in [9.17, 15) is 4.79 Å². The number of nitrogens with one attached hydrogen (secondary N) is 1. The lowest BCUT2D eigenvalue weighted by Crippen LogP contribution is -2.35. The van der Waals surface area contributed by atoms with Gasteiger partial charge in [0.1, 0.15) is 0 Å². The second kappa shape index (κ2) is 13.5. The molecule has 2 saturated heterocycles. The van der Waals surface area contributed by atoms with Crippen molar-refractivity contribution in [3.8, 4) is 0 Å². The molecule has 0 aromatic carbocycles. The van der Waals surface area contributed by atoms with Gasteiger partial charge in [-0.25, -0.2) is 4.79 Å². The molecule has 2 unspecified atom stereocenters. The van der Waals surface area contributed by atoms with Gasteiger partial charge in [-0.1, -0.05) is 62.3 Å². The summed E-state index contributed by atoms with van der Waals surface area (Å²) in [4.78, 5) is 12.6. The number of carbonyl (C=O) groups excluding carboxylic acids is 1. The Morgan fingerprint density at radius 3 is 1.88 bits per heavy atom. The van der Waals surface area contributed by atoms with Crippen LogP contribution < -0.4 is 11.1 Å². The monoisotopic (exact) mass is 343 g/mol. The quantitative estimate of drug-likeness (QED) is 0.722. The van der Waals surface area contributed by atoms with Crippen LogP contribution >= 0.6 is 0 Å². The third-order valence-corrected chi connectivity index (χ3v) is 4.77. The van der Waals surface area contributed by atoms with Gasteiger partial charge >= 0.3 is 6.03 Å². The van der Waals surface area contributed by atoms with Crippen molar-refractivity contribution in [2.45, 2.75) is 75.2 Å². The summed E-state index contributed by atoms with van der Waals surface area (Å²) in [5, 5.41) is 3.35. The summed E-state index contributed by atoms with van der Waals surface area (Å²) in [6.45, 7) is 23.4. The molecule has 2 atom stereocenters. The first-order valence-corrected chi connectivity index (χ1v) is 9.97. The van der Waals surface area contributed by atoms with Gasteiger partial charge in [0.25, 0.3) is 0 Å². The number of rotatable bonds is 1. The summed E-state index contributed by atoms with van der Waals surface area (Å²) in [5.74, 6) is 2.44. The molecule has 4 nitrogen and oxygen atoms in total. The van der Waals surface area contributed by atoms with Crippen molar-refractivity contribution < 1.29 is 4.79 Å². The smallest absolute Gasteiger partial charge is 0.314 e. The first kappa shape index (κ1) is 25.5. The summed E-state index contributed by atoms with van der Waals surface area (Å²) in [6, 6.07) is -0.276. The van der Waals surface area contributed by atoms with Gasteiger partial charge in [0, 0.05) is 13.1 Å². The SMILES string of the molecule is CC.CC.CC(C)(C)C1CCN(C(N)=O)C1.CC(C)C1CCNC1. The van der Waals surface area contributed by atoms with Gasteiger partial charge in [0.15, 0.2) is 0 Å². The number of hydrogen-bond donors (Lipinski definition) is 2. The highest BCUT2D eigenvalue weighted by atomic mass is 16.2. The van der Waals surface area contributed by atoms with Gasteiger partial charge in [-0.15, -0.1) is 0 Å². The van der Waals surface area contributed by atoms with Crippen LogP contribution in [-0.2, 0) is 0 Å². The molecule has 0 saturated carbocycles. The van der Waals surface area contributed by atoms with Crippen LogP contribution in [0.3, 0.4) is 0 Å². The van der Waals surface area contributed by atoms with Gasteiger partial charge in [0.2, 0.25) is 0 Å². The van der Waals surface area contributed by atoms with E-state index in [1.807, 2.05) is 27.7 Å². The number of nitrogens with zero attached hydrogens (tertiary/aromatic N) is 1. The van der Waals surface area contributed by atoms with Crippen molar-refractivity contribution in [2.75, 3.05) is 26.2 Å². The lowest BCUT2D eigenvalue weighted by molar-refractivity contribution is 0.205. The van der Waals surface area contributed by atoms with Crippen LogP contribution in [-0.4, -0.2) is 37.1 Å². The molecule has 24 heavy (non-hydrogen) atoms. The molecule has 0 aromatic rings. The molecule has 146 valence electrons. The van der Waals surface area contributed by atoms with E-state index in [0.29, 0.717) is 11.3 Å². The fourth-order valence-corrected chi connectivity index (χ4v) is 2.91. The maximum atomic E-state index is 10.8. The Labute approximate surface area is 151 Å². The highest BCUT2D eigenvalue weighted by molar-refractivity contribution is 5.72. The summed E-state index contributed by atoms with van der Waals surface area (Å²) in [6.07, 6.45) is 2.48. The molecule has 0 radical (unpaired) electrons. The third-order valence-electron chi connectivity index (χ3n) is 4.77. The van der Waals surface area contributed by atoms with Gasteiger partial charge in [-0.3, -0.25) is 0 Å². The highest BCUT2D eigenvalue weighted by Gasteiger charge is 2.32. The zero-order valence-electron chi connectivity index (χ0n) is 17.9. The van der Waals surface area contributed by atoms with Crippen molar-refractivity contribution in [3.05, 3.63) is 0 Å². The maximum Gasteiger partial charge on any atom is 0.314 e. The molecule has 0 bridgehead atoms. The maximum absolute atomic E-state index is 10.8. The summed E-state index contributed by atoms with van der Waals surface area (Å²) in [5.41, 5.74) is 5.49. The predicted molar refractivity (Wildman–Crippen MR) is 107 cm³/mol. The number of carbonyl (C=O) groups is 1. The van der Waals surface area contributed by atoms with Crippen molar-refractivity contribution in [3.63, 3.8) is 0 Å². The van der Waals surface area contributed by atoms with E-state index in [1.165, 1.54) is 19.5 Å². The molecule has 0 aliphatic carbocycles. The minimum atomic E-state index is -0.276. The lowest BCUT2D eigenvalue weighted by Gasteiger charge is -2.26. The van der Waals surface area contributed by atoms with Crippen molar-refractivity contribution in [2.24, 2.45) is 28.9 Å². The molecular formula is C20H45N3O. The fourth-order valence-electron chi connectivity index (χ4n) is 2.91. The van der Waals surface area contributed by atoms with Crippen LogP contribution in [0.15, 0.2) is 0 Å². The summed E-state index contributed by atoms with van der Waals surface area (Å²) < 4.78 is 0. The number of hydrogen-bond acceptors (Lipinski definition) is 2. The normalized spacial score (nSPS) is 22.7. The van der Waals surface area contributed by atoms with E-state index >= 15 is 0 Å². The molecule has 2 fully saturated rings. The second-order valence-corrected chi connectivity index (χ2v) is 7.63. The largest absolute Gasteiger partial charge is 0.351 e. The first-order chi connectivity index (χ1) is 11.2. The first-order valence-electron chi connectivity index (χ1n) is 9.97. The Balaban J connectivity index is 0. The van der Waals surface area contributed by atoms with E-state index in [0.717, 1.165) is 31.3 Å². The van der Waals surface area contributed by atoms with Gasteiger partial charge in [0.05, 0.1) is 0 Å².